The van der Waals surface area contributed by atoms with Crippen molar-refractivity contribution in [1.82, 2.24) is 9.13 Å². The van der Waals surface area contributed by atoms with Crippen LogP contribution in [0.1, 0.15) is 25.0 Å². The Hall–Kier alpha value is -7.40. The van der Waals surface area contributed by atoms with Gasteiger partial charge in [-0.1, -0.05) is 117 Å². The van der Waals surface area contributed by atoms with Crippen molar-refractivity contribution < 1.29 is 4.42 Å². The zero-order chi connectivity index (χ0) is 40.1. The molecule has 0 bridgehead atoms. The molecule has 9 aromatic carbocycles. The number of rotatable bonds is 3. The summed E-state index contributed by atoms with van der Waals surface area (Å²) in [6.07, 6.45) is 0. The molecule has 1 aliphatic rings. The van der Waals surface area contributed by atoms with E-state index in [9.17, 15) is 0 Å². The Bertz CT molecular complexity index is 4040. The summed E-state index contributed by atoms with van der Waals surface area (Å²) in [5, 5.41) is 10.0. The molecule has 0 amide bonds. The van der Waals surface area contributed by atoms with Crippen LogP contribution in [-0.4, -0.2) is 9.13 Å². The molecule has 61 heavy (non-hydrogen) atoms. The van der Waals surface area contributed by atoms with Crippen LogP contribution in [0.5, 0.6) is 0 Å². The lowest BCUT2D eigenvalue weighted by Crippen LogP contribution is -2.15. The molecule has 0 atom stereocenters. The van der Waals surface area contributed by atoms with Gasteiger partial charge in [-0.15, -0.1) is 11.3 Å². The van der Waals surface area contributed by atoms with Gasteiger partial charge >= 0.3 is 0 Å². The van der Waals surface area contributed by atoms with E-state index in [2.05, 4.69) is 193 Å². The summed E-state index contributed by atoms with van der Waals surface area (Å²) in [6, 6.07) is 67.3. The molecule has 4 heteroatoms. The lowest BCUT2D eigenvalue weighted by atomic mass is 9.80. The first kappa shape index (κ1) is 33.4. The van der Waals surface area contributed by atoms with Crippen LogP contribution in [0.3, 0.4) is 0 Å². The molecule has 14 rings (SSSR count). The molecular formula is C57H36N2OS. The Morgan fingerprint density at radius 2 is 1.02 bits per heavy atom. The monoisotopic (exact) mass is 796 g/mol. The quantitative estimate of drug-likeness (QED) is 0.175. The summed E-state index contributed by atoms with van der Waals surface area (Å²) in [7, 11) is 0. The highest BCUT2D eigenvalue weighted by Crippen LogP contribution is 2.54. The van der Waals surface area contributed by atoms with Crippen molar-refractivity contribution in [2.45, 2.75) is 19.3 Å². The van der Waals surface area contributed by atoms with Crippen molar-refractivity contribution in [2.75, 3.05) is 0 Å². The number of furan rings is 1. The minimum Gasteiger partial charge on any atom is -0.456 e. The van der Waals surface area contributed by atoms with E-state index in [0.29, 0.717) is 0 Å². The van der Waals surface area contributed by atoms with Crippen LogP contribution in [0.25, 0.3) is 119 Å². The highest BCUT2D eigenvalue weighted by molar-refractivity contribution is 7.25. The Kier molecular flexibility index (Phi) is 6.51. The van der Waals surface area contributed by atoms with Gasteiger partial charge in [-0.05, 0) is 112 Å². The van der Waals surface area contributed by atoms with Crippen molar-refractivity contribution in [3.8, 4) is 33.6 Å². The summed E-state index contributed by atoms with van der Waals surface area (Å²) in [6.45, 7) is 4.84. The molecule has 4 heterocycles. The average Bonchev–Trinajstić information content (AvgIpc) is 4.09. The van der Waals surface area contributed by atoms with E-state index in [1.807, 2.05) is 23.5 Å². The number of benzene rings is 9. The second-order valence-corrected chi connectivity index (χ2v) is 18.3. The largest absolute Gasteiger partial charge is 0.456 e. The van der Waals surface area contributed by atoms with Crippen molar-refractivity contribution in [1.29, 1.82) is 0 Å². The first-order valence-electron chi connectivity index (χ1n) is 21.1. The van der Waals surface area contributed by atoms with Gasteiger partial charge in [0.2, 0.25) is 0 Å². The third kappa shape index (κ3) is 4.47. The van der Waals surface area contributed by atoms with Gasteiger partial charge in [0.25, 0.3) is 0 Å². The Morgan fingerprint density at radius 1 is 0.410 bits per heavy atom. The highest BCUT2D eigenvalue weighted by Gasteiger charge is 2.38. The lowest BCUT2D eigenvalue weighted by molar-refractivity contribution is 0.666. The molecule has 0 saturated heterocycles. The smallest absolute Gasteiger partial charge is 0.135 e. The van der Waals surface area contributed by atoms with Crippen LogP contribution in [0.15, 0.2) is 186 Å². The van der Waals surface area contributed by atoms with Crippen molar-refractivity contribution in [3.05, 3.63) is 193 Å². The molecule has 4 aromatic heterocycles. The van der Waals surface area contributed by atoms with Gasteiger partial charge in [-0.25, -0.2) is 0 Å². The number of hydrogen-bond acceptors (Lipinski definition) is 2. The van der Waals surface area contributed by atoms with Crippen molar-refractivity contribution in [3.63, 3.8) is 0 Å². The molecule has 286 valence electrons. The van der Waals surface area contributed by atoms with E-state index < -0.39 is 0 Å². The maximum atomic E-state index is 6.21. The first-order chi connectivity index (χ1) is 30.0. The third-order valence-electron chi connectivity index (χ3n) is 13.7. The normalized spacial score (nSPS) is 13.5. The standard InChI is InChI=1S/C57H36N2OS/c1-57(2)46-32-36(21-24-37(46)42-25-28-54-55(56(42)57)43-14-6-10-18-53(43)61-54)59-47-15-7-3-11-38(47)40-23-19-34(30-50(40)59)33-20-26-49-44(29-33)39-12-4-8-16-48(39)58(49)35-22-27-52-45(31-35)41-13-5-9-17-51(41)60-52/h3-32H,1-2H3. The van der Waals surface area contributed by atoms with Crippen molar-refractivity contribution in [2.24, 2.45) is 0 Å². The second-order valence-electron chi connectivity index (χ2n) is 17.3. The minimum atomic E-state index is -0.166. The summed E-state index contributed by atoms with van der Waals surface area (Å²) in [4.78, 5) is 0. The maximum absolute atomic E-state index is 6.21. The van der Waals surface area contributed by atoms with E-state index in [-0.39, 0.29) is 5.41 Å². The zero-order valence-electron chi connectivity index (χ0n) is 33.5. The van der Waals surface area contributed by atoms with E-state index in [1.54, 1.807) is 0 Å². The van der Waals surface area contributed by atoms with Gasteiger partial charge in [-0.2, -0.15) is 0 Å². The van der Waals surface area contributed by atoms with E-state index in [1.165, 1.54) is 103 Å². The molecule has 0 radical (unpaired) electrons. The number of thiophene rings is 1. The van der Waals surface area contributed by atoms with Gasteiger partial charge in [0.15, 0.2) is 0 Å². The van der Waals surface area contributed by atoms with Gasteiger partial charge in [-0.3, -0.25) is 0 Å². The Labute approximate surface area is 354 Å². The van der Waals surface area contributed by atoms with Gasteiger partial charge < -0.3 is 13.6 Å². The van der Waals surface area contributed by atoms with E-state index in [0.717, 1.165) is 27.6 Å². The number of fused-ring (bicyclic) bond motifs is 16. The average molecular weight is 797 g/mol. The van der Waals surface area contributed by atoms with Crippen LogP contribution in [0, 0.1) is 0 Å². The third-order valence-corrected chi connectivity index (χ3v) is 14.8. The molecule has 0 fully saturated rings. The fraction of sp³-hybridized carbons (Fsp3) is 0.0526. The predicted octanol–water partition coefficient (Wildman–Crippen LogP) is 16.1. The van der Waals surface area contributed by atoms with E-state index >= 15 is 0 Å². The molecule has 0 N–H and O–H groups in total. The fourth-order valence-corrected chi connectivity index (χ4v) is 12.1. The minimum absolute atomic E-state index is 0.166. The number of nitrogens with zero attached hydrogens (tertiary/aromatic N) is 2. The molecule has 0 aliphatic heterocycles. The molecule has 0 spiro atoms. The first-order valence-corrected chi connectivity index (χ1v) is 21.9. The highest BCUT2D eigenvalue weighted by atomic mass is 32.1. The molecular weight excluding hydrogens is 761 g/mol. The van der Waals surface area contributed by atoms with Gasteiger partial charge in [0, 0.05) is 69.3 Å². The van der Waals surface area contributed by atoms with Crippen LogP contribution in [0.2, 0.25) is 0 Å². The molecule has 0 saturated carbocycles. The van der Waals surface area contributed by atoms with Crippen LogP contribution >= 0.6 is 11.3 Å². The SMILES string of the molecule is CC1(C)c2cc(-n3c4ccccc4c4ccc(-c5ccc6c(c5)c5ccccc5n6-c5ccc6oc7ccccc7c6c5)cc43)ccc2-c2ccc3sc4ccccc4c3c21. The van der Waals surface area contributed by atoms with E-state index in [4.69, 9.17) is 4.42 Å². The van der Waals surface area contributed by atoms with Crippen LogP contribution < -0.4 is 0 Å². The van der Waals surface area contributed by atoms with Gasteiger partial charge in [0.05, 0.1) is 22.1 Å². The summed E-state index contributed by atoms with van der Waals surface area (Å²) < 4.78 is 13.8. The Morgan fingerprint density at radius 3 is 1.87 bits per heavy atom. The number of aromatic nitrogens is 2. The number of para-hydroxylation sites is 3. The van der Waals surface area contributed by atoms with Crippen LogP contribution in [-0.2, 0) is 5.41 Å². The lowest BCUT2D eigenvalue weighted by Gasteiger charge is -2.23. The Balaban J connectivity index is 0.936. The molecule has 3 nitrogen and oxygen atoms in total. The second kappa shape index (κ2) is 11.9. The summed E-state index contributed by atoms with van der Waals surface area (Å²) >= 11 is 1.90. The summed E-state index contributed by atoms with van der Waals surface area (Å²) in [5.41, 5.74) is 16.7. The maximum Gasteiger partial charge on any atom is 0.135 e. The molecule has 13 aromatic rings. The number of hydrogen-bond donors (Lipinski definition) is 0. The fourth-order valence-electron chi connectivity index (χ4n) is 11.0. The topological polar surface area (TPSA) is 23.0 Å². The zero-order valence-corrected chi connectivity index (χ0v) is 34.3. The van der Waals surface area contributed by atoms with Crippen molar-refractivity contribution >= 4 is 97.1 Å². The molecule has 1 aliphatic carbocycles. The predicted molar refractivity (Wildman–Crippen MR) is 258 cm³/mol. The molecule has 0 unspecified atom stereocenters. The summed E-state index contributed by atoms with van der Waals surface area (Å²) in [5.74, 6) is 0. The van der Waals surface area contributed by atoms with Gasteiger partial charge in [0.1, 0.15) is 11.2 Å². The van der Waals surface area contributed by atoms with Crippen LogP contribution in [0.4, 0.5) is 0 Å².